The van der Waals surface area contributed by atoms with E-state index in [1.807, 2.05) is 0 Å². The summed E-state index contributed by atoms with van der Waals surface area (Å²) >= 11 is 0. The molecule has 1 heterocycles. The number of amides is 1. The number of hydrogen-bond acceptors (Lipinski definition) is 7. The third-order valence-electron chi connectivity index (χ3n) is 3.00. The number of nitro benzene ring substituents is 1. The standard InChI is InChI=1S/C12H13N5O4/c1-6-7(2)16-21-12(6)14-11(18)9-5-8(17(19)20)3-4-10(9)15-13/h3-5,15H,13H2,1-2H3,(H,14,18). The molecule has 0 atom stereocenters. The Labute approximate surface area is 119 Å². The number of carbonyl (C=O) groups excluding carboxylic acids is 1. The summed E-state index contributed by atoms with van der Waals surface area (Å²) in [7, 11) is 0. The molecule has 0 bridgehead atoms. The Balaban J connectivity index is 2.35. The largest absolute Gasteiger partial charge is 0.338 e. The van der Waals surface area contributed by atoms with Gasteiger partial charge in [0.2, 0.25) is 5.88 Å². The number of benzene rings is 1. The number of anilines is 2. The topological polar surface area (TPSA) is 136 Å². The van der Waals surface area contributed by atoms with Gasteiger partial charge in [-0.1, -0.05) is 5.16 Å². The van der Waals surface area contributed by atoms with Crippen LogP contribution in [0.3, 0.4) is 0 Å². The molecule has 0 fully saturated rings. The highest BCUT2D eigenvalue weighted by atomic mass is 16.6. The van der Waals surface area contributed by atoms with Crippen LogP contribution in [0.2, 0.25) is 0 Å². The summed E-state index contributed by atoms with van der Waals surface area (Å²) in [5.74, 6) is 4.90. The number of hydrazine groups is 1. The van der Waals surface area contributed by atoms with Crippen molar-refractivity contribution in [1.82, 2.24) is 5.16 Å². The Morgan fingerprint density at radius 1 is 1.43 bits per heavy atom. The van der Waals surface area contributed by atoms with E-state index in [1.165, 1.54) is 12.1 Å². The van der Waals surface area contributed by atoms with E-state index in [-0.39, 0.29) is 22.8 Å². The minimum absolute atomic E-state index is 0.0279. The van der Waals surface area contributed by atoms with E-state index in [9.17, 15) is 14.9 Å². The van der Waals surface area contributed by atoms with Gasteiger partial charge in [-0.2, -0.15) is 0 Å². The van der Waals surface area contributed by atoms with Gasteiger partial charge in [0.1, 0.15) is 0 Å². The average Bonchev–Trinajstić information content (AvgIpc) is 2.78. The summed E-state index contributed by atoms with van der Waals surface area (Å²) in [6.07, 6.45) is 0. The molecule has 0 radical (unpaired) electrons. The summed E-state index contributed by atoms with van der Waals surface area (Å²) in [5, 5.41) is 17.0. The van der Waals surface area contributed by atoms with Gasteiger partial charge < -0.3 is 9.95 Å². The van der Waals surface area contributed by atoms with Crippen molar-refractivity contribution in [2.75, 3.05) is 10.7 Å². The zero-order chi connectivity index (χ0) is 15.6. The molecule has 0 saturated carbocycles. The normalized spacial score (nSPS) is 10.2. The first-order chi connectivity index (χ1) is 9.93. The van der Waals surface area contributed by atoms with Crippen LogP contribution in [0.4, 0.5) is 17.3 Å². The Morgan fingerprint density at radius 3 is 2.67 bits per heavy atom. The van der Waals surface area contributed by atoms with Crippen LogP contribution in [0.5, 0.6) is 0 Å². The van der Waals surface area contributed by atoms with Crippen LogP contribution in [-0.4, -0.2) is 16.0 Å². The summed E-state index contributed by atoms with van der Waals surface area (Å²) in [5.41, 5.74) is 3.70. The molecule has 4 N–H and O–H groups in total. The lowest BCUT2D eigenvalue weighted by Crippen LogP contribution is -2.17. The molecule has 9 heteroatoms. The van der Waals surface area contributed by atoms with Gasteiger partial charge >= 0.3 is 0 Å². The molecule has 2 rings (SSSR count). The lowest BCUT2D eigenvalue weighted by Gasteiger charge is -2.08. The van der Waals surface area contributed by atoms with Crippen LogP contribution in [0, 0.1) is 24.0 Å². The third-order valence-corrected chi connectivity index (χ3v) is 3.00. The van der Waals surface area contributed by atoms with Gasteiger partial charge in [0.15, 0.2) is 0 Å². The fraction of sp³-hybridized carbons (Fsp3) is 0.167. The number of nitrogens with two attached hydrogens (primary N) is 1. The van der Waals surface area contributed by atoms with Crippen molar-refractivity contribution in [1.29, 1.82) is 0 Å². The number of aromatic nitrogens is 1. The number of nitro groups is 1. The molecular formula is C12H13N5O4. The Kier molecular flexibility index (Phi) is 3.85. The predicted molar refractivity (Wildman–Crippen MR) is 74.8 cm³/mol. The van der Waals surface area contributed by atoms with Gasteiger partial charge in [-0.15, -0.1) is 0 Å². The summed E-state index contributed by atoms with van der Waals surface area (Å²) in [6.45, 7) is 3.46. The van der Waals surface area contributed by atoms with E-state index in [2.05, 4.69) is 15.9 Å². The molecule has 0 aliphatic carbocycles. The van der Waals surface area contributed by atoms with Crippen LogP contribution >= 0.6 is 0 Å². The monoisotopic (exact) mass is 291 g/mol. The summed E-state index contributed by atoms with van der Waals surface area (Å²) in [4.78, 5) is 22.4. The molecular weight excluding hydrogens is 278 g/mol. The molecule has 0 aliphatic heterocycles. The van der Waals surface area contributed by atoms with Crippen molar-refractivity contribution < 1.29 is 14.2 Å². The molecule has 1 amide bonds. The Bertz CT molecular complexity index is 710. The van der Waals surface area contributed by atoms with Crippen molar-refractivity contribution in [2.45, 2.75) is 13.8 Å². The number of nitrogens with zero attached hydrogens (tertiary/aromatic N) is 2. The van der Waals surface area contributed by atoms with Crippen LogP contribution < -0.4 is 16.6 Å². The first kappa shape index (κ1) is 14.5. The number of carbonyl (C=O) groups is 1. The maximum absolute atomic E-state index is 12.2. The Hall–Kier alpha value is -2.94. The highest BCUT2D eigenvalue weighted by molar-refractivity contribution is 6.08. The highest BCUT2D eigenvalue weighted by Gasteiger charge is 2.19. The summed E-state index contributed by atoms with van der Waals surface area (Å²) < 4.78 is 4.97. The van der Waals surface area contributed by atoms with Gasteiger partial charge in [0.25, 0.3) is 11.6 Å². The van der Waals surface area contributed by atoms with E-state index in [0.717, 1.165) is 6.07 Å². The van der Waals surface area contributed by atoms with E-state index in [4.69, 9.17) is 10.4 Å². The van der Waals surface area contributed by atoms with Crippen LogP contribution in [-0.2, 0) is 0 Å². The number of non-ortho nitro benzene ring substituents is 1. The smallest absolute Gasteiger partial charge is 0.270 e. The molecule has 1 aromatic carbocycles. The maximum atomic E-state index is 12.2. The second kappa shape index (κ2) is 5.59. The van der Waals surface area contributed by atoms with Crippen molar-refractivity contribution in [3.05, 3.63) is 45.1 Å². The average molecular weight is 291 g/mol. The molecule has 0 aliphatic rings. The molecule has 110 valence electrons. The van der Waals surface area contributed by atoms with Gasteiger partial charge in [-0.3, -0.25) is 26.1 Å². The Morgan fingerprint density at radius 2 is 2.14 bits per heavy atom. The zero-order valence-electron chi connectivity index (χ0n) is 11.3. The van der Waals surface area contributed by atoms with E-state index in [0.29, 0.717) is 11.3 Å². The van der Waals surface area contributed by atoms with Gasteiger partial charge in [-0.05, 0) is 19.9 Å². The lowest BCUT2D eigenvalue weighted by atomic mass is 10.1. The predicted octanol–water partition coefficient (Wildman–Crippen LogP) is 1.74. The first-order valence-electron chi connectivity index (χ1n) is 5.93. The number of nitrogen functional groups attached to an aromatic ring is 1. The minimum Gasteiger partial charge on any atom is -0.338 e. The zero-order valence-corrected chi connectivity index (χ0v) is 11.3. The second-order valence-electron chi connectivity index (χ2n) is 4.31. The fourth-order valence-electron chi connectivity index (χ4n) is 1.66. The maximum Gasteiger partial charge on any atom is 0.270 e. The van der Waals surface area contributed by atoms with Crippen LogP contribution in [0.15, 0.2) is 22.7 Å². The van der Waals surface area contributed by atoms with Crippen LogP contribution in [0.1, 0.15) is 21.6 Å². The lowest BCUT2D eigenvalue weighted by molar-refractivity contribution is -0.384. The quantitative estimate of drug-likeness (QED) is 0.443. The van der Waals surface area contributed by atoms with Crippen molar-refractivity contribution in [2.24, 2.45) is 5.84 Å². The number of rotatable bonds is 4. The molecule has 0 spiro atoms. The third kappa shape index (κ3) is 2.82. The second-order valence-corrected chi connectivity index (χ2v) is 4.31. The highest BCUT2D eigenvalue weighted by Crippen LogP contribution is 2.24. The first-order valence-corrected chi connectivity index (χ1v) is 5.93. The number of nitrogens with one attached hydrogen (secondary N) is 2. The van der Waals surface area contributed by atoms with E-state index in [1.54, 1.807) is 13.8 Å². The van der Waals surface area contributed by atoms with Gasteiger partial charge in [0, 0.05) is 17.7 Å². The van der Waals surface area contributed by atoms with E-state index < -0.39 is 10.8 Å². The molecule has 0 unspecified atom stereocenters. The molecule has 21 heavy (non-hydrogen) atoms. The number of hydrogen-bond donors (Lipinski definition) is 3. The van der Waals surface area contributed by atoms with Gasteiger partial charge in [-0.25, -0.2) is 0 Å². The molecule has 0 saturated heterocycles. The van der Waals surface area contributed by atoms with Gasteiger partial charge in [0.05, 0.1) is 21.9 Å². The SMILES string of the molecule is Cc1noc(NC(=O)c2cc([N+](=O)[O-])ccc2NN)c1C. The fourth-order valence-corrected chi connectivity index (χ4v) is 1.66. The van der Waals surface area contributed by atoms with E-state index >= 15 is 0 Å². The minimum atomic E-state index is -0.596. The molecule has 2 aromatic rings. The number of aryl methyl sites for hydroxylation is 1. The summed E-state index contributed by atoms with van der Waals surface area (Å²) in [6, 6.07) is 3.73. The van der Waals surface area contributed by atoms with Crippen LogP contribution in [0.25, 0.3) is 0 Å². The van der Waals surface area contributed by atoms with Crippen molar-refractivity contribution in [3.63, 3.8) is 0 Å². The molecule has 9 nitrogen and oxygen atoms in total. The van der Waals surface area contributed by atoms with Crippen molar-refractivity contribution >= 4 is 23.2 Å². The van der Waals surface area contributed by atoms with Crippen molar-refractivity contribution in [3.8, 4) is 0 Å². The molecule has 1 aromatic heterocycles.